The van der Waals surface area contributed by atoms with Gasteiger partial charge in [0.1, 0.15) is 0 Å². The summed E-state index contributed by atoms with van der Waals surface area (Å²) >= 11 is 0. The second kappa shape index (κ2) is 7.67. The summed E-state index contributed by atoms with van der Waals surface area (Å²) in [6, 6.07) is 14.5. The third-order valence-electron chi connectivity index (χ3n) is 6.11. The topological polar surface area (TPSA) is 37.4 Å². The van der Waals surface area contributed by atoms with Gasteiger partial charge in [-0.3, -0.25) is 9.59 Å². The SMILES string of the molecule is Cc1ccccc1C1CCCN1C(=O)CCC(=O)c1ccc2c(c1)CCC2. The van der Waals surface area contributed by atoms with Crippen molar-refractivity contribution in [1.82, 2.24) is 4.90 Å². The number of nitrogens with zero attached hydrogens (tertiary/aromatic N) is 1. The second-order valence-corrected chi connectivity index (χ2v) is 7.86. The van der Waals surface area contributed by atoms with Gasteiger partial charge in [-0.05, 0) is 67.3 Å². The van der Waals surface area contributed by atoms with Gasteiger partial charge >= 0.3 is 0 Å². The zero-order chi connectivity index (χ0) is 18.8. The highest BCUT2D eigenvalue weighted by Gasteiger charge is 2.30. The van der Waals surface area contributed by atoms with Crippen LogP contribution >= 0.6 is 0 Å². The monoisotopic (exact) mass is 361 g/mol. The number of carbonyl (C=O) groups is 2. The highest BCUT2D eigenvalue weighted by molar-refractivity contribution is 5.98. The lowest BCUT2D eigenvalue weighted by atomic mass is 9.98. The second-order valence-electron chi connectivity index (χ2n) is 7.86. The zero-order valence-electron chi connectivity index (χ0n) is 16.0. The fourth-order valence-corrected chi connectivity index (χ4v) is 4.60. The Balaban J connectivity index is 1.40. The molecule has 1 fully saturated rings. The van der Waals surface area contributed by atoms with Gasteiger partial charge in [0.15, 0.2) is 5.78 Å². The minimum absolute atomic E-state index is 0.0877. The molecule has 1 aliphatic heterocycles. The van der Waals surface area contributed by atoms with Gasteiger partial charge in [-0.15, -0.1) is 0 Å². The molecule has 0 spiro atoms. The van der Waals surface area contributed by atoms with E-state index in [9.17, 15) is 9.59 Å². The standard InChI is InChI=1S/C24H27NO2/c1-17-6-2-3-9-21(17)22-10-5-15-25(22)24(27)14-13-23(26)20-12-11-18-7-4-8-19(18)16-20/h2-3,6,9,11-12,16,22H,4-5,7-8,10,13-15H2,1H3. The molecule has 4 rings (SSSR count). The Morgan fingerprint density at radius 2 is 1.81 bits per heavy atom. The first kappa shape index (κ1) is 18.0. The Bertz CT molecular complexity index is 870. The van der Waals surface area contributed by atoms with E-state index in [0.29, 0.717) is 12.8 Å². The van der Waals surface area contributed by atoms with Crippen LogP contribution in [0.2, 0.25) is 0 Å². The molecule has 1 aliphatic carbocycles. The van der Waals surface area contributed by atoms with Crippen molar-refractivity contribution in [2.75, 3.05) is 6.54 Å². The van der Waals surface area contributed by atoms with Gasteiger partial charge in [0.2, 0.25) is 5.91 Å². The maximum atomic E-state index is 12.8. The van der Waals surface area contributed by atoms with Crippen LogP contribution < -0.4 is 0 Å². The third-order valence-corrected chi connectivity index (χ3v) is 6.11. The van der Waals surface area contributed by atoms with Crippen molar-refractivity contribution in [2.24, 2.45) is 0 Å². The van der Waals surface area contributed by atoms with Crippen molar-refractivity contribution < 1.29 is 9.59 Å². The molecule has 3 nitrogen and oxygen atoms in total. The van der Waals surface area contributed by atoms with Gasteiger partial charge in [-0.25, -0.2) is 0 Å². The molecule has 1 atom stereocenters. The summed E-state index contributed by atoms with van der Waals surface area (Å²) in [7, 11) is 0. The summed E-state index contributed by atoms with van der Waals surface area (Å²) in [5.41, 5.74) is 5.93. The van der Waals surface area contributed by atoms with E-state index in [-0.39, 0.29) is 17.7 Å². The summed E-state index contributed by atoms with van der Waals surface area (Å²) in [6.45, 7) is 2.90. The van der Waals surface area contributed by atoms with Crippen LogP contribution in [0.4, 0.5) is 0 Å². The Morgan fingerprint density at radius 1 is 1.00 bits per heavy atom. The molecule has 140 valence electrons. The number of hydrogen-bond donors (Lipinski definition) is 0. The molecule has 0 bridgehead atoms. The summed E-state index contributed by atoms with van der Waals surface area (Å²) in [6.07, 6.45) is 6.02. The van der Waals surface area contributed by atoms with Gasteiger partial charge in [-0.1, -0.05) is 36.4 Å². The van der Waals surface area contributed by atoms with Crippen molar-refractivity contribution in [3.05, 3.63) is 70.3 Å². The van der Waals surface area contributed by atoms with Crippen molar-refractivity contribution in [2.45, 2.75) is 57.9 Å². The predicted octanol–water partition coefficient (Wildman–Crippen LogP) is 4.81. The van der Waals surface area contributed by atoms with E-state index in [1.54, 1.807) is 0 Å². The van der Waals surface area contributed by atoms with Crippen molar-refractivity contribution in [3.8, 4) is 0 Å². The lowest BCUT2D eigenvalue weighted by Crippen LogP contribution is -2.31. The zero-order valence-corrected chi connectivity index (χ0v) is 16.0. The normalized spacial score (nSPS) is 18.6. The van der Waals surface area contributed by atoms with Gasteiger partial charge in [0.05, 0.1) is 6.04 Å². The molecule has 0 aromatic heterocycles. The largest absolute Gasteiger partial charge is 0.336 e. The van der Waals surface area contributed by atoms with Crippen LogP contribution in [0.5, 0.6) is 0 Å². The van der Waals surface area contributed by atoms with Crippen LogP contribution in [-0.4, -0.2) is 23.1 Å². The molecule has 1 heterocycles. The molecule has 0 saturated carbocycles. The Labute approximate surface area is 161 Å². The first-order chi connectivity index (χ1) is 13.1. The van der Waals surface area contributed by atoms with E-state index < -0.39 is 0 Å². The first-order valence-electron chi connectivity index (χ1n) is 10.1. The van der Waals surface area contributed by atoms with E-state index in [1.807, 2.05) is 29.2 Å². The van der Waals surface area contributed by atoms with Crippen LogP contribution in [0.3, 0.4) is 0 Å². The Kier molecular flexibility index (Phi) is 5.11. The molecule has 3 heteroatoms. The molecule has 2 aromatic carbocycles. The number of likely N-dealkylation sites (tertiary alicyclic amines) is 1. The third kappa shape index (κ3) is 3.69. The lowest BCUT2D eigenvalue weighted by molar-refractivity contribution is -0.132. The molecule has 1 amide bonds. The van der Waals surface area contributed by atoms with Crippen molar-refractivity contribution >= 4 is 11.7 Å². The molecule has 1 saturated heterocycles. The summed E-state index contributed by atoms with van der Waals surface area (Å²) < 4.78 is 0. The number of aryl methyl sites for hydroxylation is 3. The van der Waals surface area contributed by atoms with Crippen LogP contribution in [-0.2, 0) is 17.6 Å². The number of Topliss-reactive ketones (excluding diaryl/α,β-unsaturated/α-hetero) is 1. The minimum Gasteiger partial charge on any atom is -0.336 e. The first-order valence-corrected chi connectivity index (χ1v) is 10.1. The quantitative estimate of drug-likeness (QED) is 0.717. The minimum atomic E-state index is 0.0877. The van der Waals surface area contributed by atoms with Gasteiger partial charge in [-0.2, -0.15) is 0 Å². The number of amides is 1. The summed E-state index contributed by atoms with van der Waals surface area (Å²) in [5, 5.41) is 0. The van der Waals surface area contributed by atoms with Crippen LogP contribution in [0.25, 0.3) is 0 Å². The van der Waals surface area contributed by atoms with E-state index in [1.165, 1.54) is 28.7 Å². The molecule has 1 unspecified atom stereocenters. The van der Waals surface area contributed by atoms with Crippen LogP contribution in [0.1, 0.15) is 70.8 Å². The maximum absolute atomic E-state index is 12.8. The highest BCUT2D eigenvalue weighted by atomic mass is 16.2. The summed E-state index contributed by atoms with van der Waals surface area (Å²) in [4.78, 5) is 27.4. The van der Waals surface area contributed by atoms with Crippen molar-refractivity contribution in [1.29, 1.82) is 0 Å². The smallest absolute Gasteiger partial charge is 0.223 e. The highest BCUT2D eigenvalue weighted by Crippen LogP contribution is 2.34. The molecule has 0 N–H and O–H groups in total. The number of carbonyl (C=O) groups excluding carboxylic acids is 2. The lowest BCUT2D eigenvalue weighted by Gasteiger charge is -2.26. The molecule has 27 heavy (non-hydrogen) atoms. The molecular weight excluding hydrogens is 334 g/mol. The Hall–Kier alpha value is -2.42. The Morgan fingerprint density at radius 3 is 2.67 bits per heavy atom. The maximum Gasteiger partial charge on any atom is 0.223 e. The molecule has 2 aromatic rings. The fourth-order valence-electron chi connectivity index (χ4n) is 4.60. The van der Waals surface area contributed by atoms with Crippen molar-refractivity contribution in [3.63, 3.8) is 0 Å². The number of fused-ring (bicyclic) bond motifs is 1. The molecular formula is C24H27NO2. The molecule has 2 aliphatic rings. The summed E-state index contributed by atoms with van der Waals surface area (Å²) in [5.74, 6) is 0.194. The van der Waals surface area contributed by atoms with Crippen LogP contribution in [0, 0.1) is 6.92 Å². The number of benzene rings is 2. The number of rotatable bonds is 5. The average molecular weight is 361 g/mol. The van der Waals surface area contributed by atoms with Gasteiger partial charge in [0, 0.05) is 24.9 Å². The molecule has 0 radical (unpaired) electrons. The van der Waals surface area contributed by atoms with E-state index >= 15 is 0 Å². The number of hydrogen-bond acceptors (Lipinski definition) is 2. The van der Waals surface area contributed by atoms with E-state index in [0.717, 1.165) is 37.8 Å². The van der Waals surface area contributed by atoms with E-state index in [2.05, 4.69) is 25.1 Å². The number of ketones is 1. The van der Waals surface area contributed by atoms with E-state index in [4.69, 9.17) is 0 Å². The fraction of sp³-hybridized carbons (Fsp3) is 0.417. The van der Waals surface area contributed by atoms with Gasteiger partial charge in [0.25, 0.3) is 0 Å². The van der Waals surface area contributed by atoms with Gasteiger partial charge < -0.3 is 4.90 Å². The predicted molar refractivity (Wildman–Crippen MR) is 107 cm³/mol. The van der Waals surface area contributed by atoms with Crippen LogP contribution in [0.15, 0.2) is 42.5 Å². The average Bonchev–Trinajstić information content (AvgIpc) is 3.34.